The number of para-hydroxylation sites is 1. The predicted molar refractivity (Wildman–Crippen MR) is 85.6 cm³/mol. The highest BCUT2D eigenvalue weighted by atomic mass is 35.5. The first kappa shape index (κ1) is 17.8. The molecule has 7 heteroatoms. The first-order valence-corrected chi connectivity index (χ1v) is 7.24. The lowest BCUT2D eigenvalue weighted by molar-refractivity contribution is -0.138. The SMILES string of the molecule is CCN(CC(=O)Nc1c(Cl)cccc1Cl)C(=O)C(C)(C)N. The number of hydrogen-bond donors (Lipinski definition) is 2. The Morgan fingerprint density at radius 2 is 1.81 bits per heavy atom. The summed E-state index contributed by atoms with van der Waals surface area (Å²) in [6.45, 7) is 5.24. The summed E-state index contributed by atoms with van der Waals surface area (Å²) in [6.07, 6.45) is 0. The van der Waals surface area contributed by atoms with Crippen LogP contribution in [0.15, 0.2) is 18.2 Å². The van der Waals surface area contributed by atoms with Crippen LogP contribution in [0.2, 0.25) is 10.0 Å². The van der Waals surface area contributed by atoms with Crippen LogP contribution in [0, 0.1) is 0 Å². The summed E-state index contributed by atoms with van der Waals surface area (Å²) < 4.78 is 0. The van der Waals surface area contributed by atoms with Gasteiger partial charge in [0, 0.05) is 6.54 Å². The van der Waals surface area contributed by atoms with E-state index in [0.717, 1.165) is 0 Å². The number of nitrogens with one attached hydrogen (secondary N) is 1. The van der Waals surface area contributed by atoms with Gasteiger partial charge in [0.2, 0.25) is 11.8 Å². The van der Waals surface area contributed by atoms with E-state index in [0.29, 0.717) is 22.3 Å². The minimum Gasteiger partial charge on any atom is -0.332 e. The molecule has 116 valence electrons. The van der Waals surface area contributed by atoms with E-state index in [1.807, 2.05) is 0 Å². The van der Waals surface area contributed by atoms with E-state index < -0.39 is 5.54 Å². The largest absolute Gasteiger partial charge is 0.332 e. The maximum Gasteiger partial charge on any atom is 0.244 e. The summed E-state index contributed by atoms with van der Waals surface area (Å²) in [7, 11) is 0. The zero-order chi connectivity index (χ0) is 16.2. The van der Waals surface area contributed by atoms with E-state index in [1.165, 1.54) is 4.90 Å². The Balaban J connectivity index is 2.79. The molecule has 0 aliphatic rings. The number of hydrogen-bond acceptors (Lipinski definition) is 3. The Morgan fingerprint density at radius 3 is 2.24 bits per heavy atom. The molecule has 5 nitrogen and oxygen atoms in total. The number of amides is 2. The van der Waals surface area contributed by atoms with E-state index in [9.17, 15) is 9.59 Å². The van der Waals surface area contributed by atoms with Gasteiger partial charge in [-0.3, -0.25) is 9.59 Å². The van der Waals surface area contributed by atoms with Gasteiger partial charge in [-0.25, -0.2) is 0 Å². The van der Waals surface area contributed by atoms with Crippen molar-refractivity contribution < 1.29 is 9.59 Å². The lowest BCUT2D eigenvalue weighted by Gasteiger charge is -2.27. The quantitative estimate of drug-likeness (QED) is 0.870. The molecule has 2 amide bonds. The molecular formula is C14H19Cl2N3O2. The molecule has 0 saturated heterocycles. The van der Waals surface area contributed by atoms with E-state index in [2.05, 4.69) is 5.32 Å². The fraction of sp³-hybridized carbons (Fsp3) is 0.429. The number of rotatable bonds is 5. The van der Waals surface area contributed by atoms with Crippen molar-refractivity contribution in [1.82, 2.24) is 4.90 Å². The minimum absolute atomic E-state index is 0.114. The smallest absolute Gasteiger partial charge is 0.244 e. The van der Waals surface area contributed by atoms with E-state index in [4.69, 9.17) is 28.9 Å². The maximum atomic E-state index is 12.1. The number of benzene rings is 1. The molecule has 0 aliphatic heterocycles. The molecule has 0 bridgehead atoms. The molecule has 1 aromatic carbocycles. The molecule has 0 unspecified atom stereocenters. The fourth-order valence-electron chi connectivity index (χ4n) is 1.70. The molecule has 0 aromatic heterocycles. The number of carbonyl (C=O) groups is 2. The van der Waals surface area contributed by atoms with Crippen molar-refractivity contribution in [1.29, 1.82) is 0 Å². The molecule has 21 heavy (non-hydrogen) atoms. The Labute approximate surface area is 134 Å². The first-order chi connectivity index (χ1) is 9.66. The van der Waals surface area contributed by atoms with Gasteiger partial charge in [0.1, 0.15) is 0 Å². The topological polar surface area (TPSA) is 75.4 Å². The second kappa shape index (κ2) is 7.11. The van der Waals surface area contributed by atoms with Crippen molar-refractivity contribution in [2.75, 3.05) is 18.4 Å². The number of likely N-dealkylation sites (N-methyl/N-ethyl adjacent to an activating group) is 1. The zero-order valence-corrected chi connectivity index (χ0v) is 13.8. The molecule has 1 aromatic rings. The summed E-state index contributed by atoms with van der Waals surface area (Å²) >= 11 is 12.0. The van der Waals surface area contributed by atoms with Gasteiger partial charge in [-0.2, -0.15) is 0 Å². The Bertz CT molecular complexity index is 521. The van der Waals surface area contributed by atoms with E-state index >= 15 is 0 Å². The predicted octanol–water partition coefficient (Wildman–Crippen LogP) is 2.52. The summed E-state index contributed by atoms with van der Waals surface area (Å²) in [5.41, 5.74) is 5.07. The van der Waals surface area contributed by atoms with Crippen LogP contribution >= 0.6 is 23.2 Å². The van der Waals surface area contributed by atoms with Gasteiger partial charge >= 0.3 is 0 Å². The zero-order valence-electron chi connectivity index (χ0n) is 12.2. The van der Waals surface area contributed by atoms with Gasteiger partial charge < -0.3 is 16.0 Å². The third-order valence-electron chi connectivity index (χ3n) is 2.78. The van der Waals surface area contributed by atoms with Crippen molar-refractivity contribution in [2.24, 2.45) is 5.73 Å². The second-order valence-electron chi connectivity index (χ2n) is 5.19. The third kappa shape index (κ3) is 4.88. The highest BCUT2D eigenvalue weighted by Gasteiger charge is 2.28. The van der Waals surface area contributed by atoms with Crippen LogP contribution in [0.4, 0.5) is 5.69 Å². The van der Waals surface area contributed by atoms with Crippen LogP contribution in [0.1, 0.15) is 20.8 Å². The molecule has 0 heterocycles. The number of nitrogens with two attached hydrogens (primary N) is 1. The molecule has 0 atom stereocenters. The van der Waals surface area contributed by atoms with Crippen LogP contribution in [-0.4, -0.2) is 35.3 Å². The van der Waals surface area contributed by atoms with Gasteiger partial charge in [0.05, 0.1) is 27.8 Å². The summed E-state index contributed by atoms with van der Waals surface area (Å²) in [6, 6.07) is 4.92. The standard InChI is InChI=1S/C14H19Cl2N3O2/c1-4-19(13(21)14(2,3)17)8-11(20)18-12-9(15)6-5-7-10(12)16/h5-7H,4,8,17H2,1-3H3,(H,18,20). The summed E-state index contributed by atoms with van der Waals surface area (Å²) in [4.78, 5) is 25.5. The average Bonchev–Trinajstić information content (AvgIpc) is 2.38. The monoisotopic (exact) mass is 331 g/mol. The van der Waals surface area contributed by atoms with Gasteiger partial charge in [-0.15, -0.1) is 0 Å². The van der Waals surface area contributed by atoms with Crippen molar-refractivity contribution in [3.8, 4) is 0 Å². The Morgan fingerprint density at radius 1 is 1.29 bits per heavy atom. The normalized spacial score (nSPS) is 11.1. The molecule has 0 aliphatic carbocycles. The molecule has 0 fully saturated rings. The number of nitrogens with zero attached hydrogens (tertiary/aromatic N) is 1. The molecule has 0 spiro atoms. The number of halogens is 2. The average molecular weight is 332 g/mol. The molecule has 1 rings (SSSR count). The second-order valence-corrected chi connectivity index (χ2v) is 6.00. The Hall–Kier alpha value is -1.30. The summed E-state index contributed by atoms with van der Waals surface area (Å²) in [5.74, 6) is -0.685. The van der Waals surface area contributed by atoms with Crippen molar-refractivity contribution in [2.45, 2.75) is 26.3 Å². The lowest BCUT2D eigenvalue weighted by Crippen LogP contribution is -2.52. The Kier molecular flexibility index (Phi) is 6.01. The van der Waals surface area contributed by atoms with E-state index in [1.54, 1.807) is 39.0 Å². The highest BCUT2D eigenvalue weighted by Crippen LogP contribution is 2.29. The van der Waals surface area contributed by atoms with Gasteiger partial charge in [-0.05, 0) is 32.9 Å². The van der Waals surface area contributed by atoms with Crippen LogP contribution in [0.25, 0.3) is 0 Å². The van der Waals surface area contributed by atoms with Gasteiger partial charge in [0.15, 0.2) is 0 Å². The molecule has 3 N–H and O–H groups in total. The number of carbonyl (C=O) groups excluding carboxylic acids is 2. The molecule has 0 saturated carbocycles. The fourth-order valence-corrected chi connectivity index (χ4v) is 2.20. The van der Waals surface area contributed by atoms with Crippen LogP contribution < -0.4 is 11.1 Å². The van der Waals surface area contributed by atoms with Crippen LogP contribution in [-0.2, 0) is 9.59 Å². The summed E-state index contributed by atoms with van der Waals surface area (Å²) in [5, 5.41) is 3.29. The van der Waals surface area contributed by atoms with Crippen molar-refractivity contribution in [3.63, 3.8) is 0 Å². The number of anilines is 1. The molecule has 0 radical (unpaired) electrons. The van der Waals surface area contributed by atoms with E-state index in [-0.39, 0.29) is 18.4 Å². The van der Waals surface area contributed by atoms with Crippen molar-refractivity contribution in [3.05, 3.63) is 28.2 Å². The van der Waals surface area contributed by atoms with Crippen molar-refractivity contribution >= 4 is 40.7 Å². The minimum atomic E-state index is -1.03. The lowest BCUT2D eigenvalue weighted by atomic mass is 10.1. The van der Waals surface area contributed by atoms with Crippen LogP contribution in [0.3, 0.4) is 0 Å². The molecular weight excluding hydrogens is 313 g/mol. The maximum absolute atomic E-state index is 12.1. The first-order valence-electron chi connectivity index (χ1n) is 6.49. The third-order valence-corrected chi connectivity index (χ3v) is 3.41. The van der Waals surface area contributed by atoms with Crippen LogP contribution in [0.5, 0.6) is 0 Å². The van der Waals surface area contributed by atoms with Gasteiger partial charge in [-0.1, -0.05) is 29.3 Å². The highest BCUT2D eigenvalue weighted by molar-refractivity contribution is 6.39. The van der Waals surface area contributed by atoms with Gasteiger partial charge in [0.25, 0.3) is 0 Å².